The maximum atomic E-state index is 6.65. The van der Waals surface area contributed by atoms with Crippen LogP contribution < -0.4 is 83.5 Å². The van der Waals surface area contributed by atoms with Gasteiger partial charge in [0.15, 0.2) is 0 Å². The Morgan fingerprint density at radius 2 is 0.771 bits per heavy atom. The van der Waals surface area contributed by atoms with E-state index in [1.165, 1.54) is 44.5 Å². The summed E-state index contributed by atoms with van der Waals surface area (Å²) in [7, 11) is 8.65. The molecule has 5 fully saturated rings. The topological polar surface area (TPSA) is 236 Å². The van der Waals surface area contributed by atoms with E-state index < -0.39 is 0 Å². The predicted molar refractivity (Wildman–Crippen MR) is 568 cm³/mol. The van der Waals surface area contributed by atoms with Crippen molar-refractivity contribution in [1.29, 1.82) is 0 Å². The number of hydrogen-bond acceptors (Lipinski definition) is 27. The summed E-state index contributed by atoms with van der Waals surface area (Å²) in [5.41, 5.74) is 15.7. The lowest BCUT2D eigenvalue weighted by Gasteiger charge is -2.35. The van der Waals surface area contributed by atoms with Gasteiger partial charge in [-0.15, -0.1) is 0 Å². The summed E-state index contributed by atoms with van der Waals surface area (Å²) in [6.07, 6.45) is 10.9. The highest BCUT2D eigenvalue weighted by molar-refractivity contribution is 5.65. The highest BCUT2D eigenvalue weighted by Gasteiger charge is 2.35. The van der Waals surface area contributed by atoms with Crippen LogP contribution in [0.5, 0.6) is 51.7 Å². The van der Waals surface area contributed by atoms with Gasteiger partial charge in [0.05, 0.1) is 153 Å². The third-order valence-corrected chi connectivity index (χ3v) is 28.3. The number of para-hydroxylation sites is 1. The normalized spacial score (nSPS) is 20.8. The molecule has 782 valence electrons. The zero-order valence-electron chi connectivity index (χ0n) is 86.8. The van der Waals surface area contributed by atoms with E-state index in [0.717, 1.165) is 315 Å². The number of benzene rings is 9. The van der Waals surface area contributed by atoms with Gasteiger partial charge in [0.1, 0.15) is 84.3 Å². The monoisotopic (exact) mass is 1980 g/mol. The molecule has 27 heteroatoms. The second-order valence-electron chi connectivity index (χ2n) is 38.6. The molecular weight excluding hydrogens is 1820 g/mol. The molecule has 9 aromatic carbocycles. The minimum atomic E-state index is -0.00583. The van der Waals surface area contributed by atoms with Crippen LogP contribution in [0.4, 0.5) is 22.7 Å². The van der Waals surface area contributed by atoms with Gasteiger partial charge in [0.25, 0.3) is 0 Å². The first-order valence-corrected chi connectivity index (χ1v) is 53.0. The van der Waals surface area contributed by atoms with Gasteiger partial charge >= 0.3 is 0 Å². The molecule has 18 rings (SSSR count). The Balaban J connectivity index is 0.000000146. The molecule has 0 aromatic heterocycles. The van der Waals surface area contributed by atoms with Gasteiger partial charge in [0.2, 0.25) is 0 Å². The molecule has 144 heavy (non-hydrogen) atoms. The van der Waals surface area contributed by atoms with E-state index in [1.54, 1.807) is 35.5 Å². The largest absolute Gasteiger partial charge is 0.497 e. The van der Waals surface area contributed by atoms with Crippen LogP contribution in [0, 0.1) is 0 Å². The number of hydrogen-bond donors (Lipinski definition) is 4. The van der Waals surface area contributed by atoms with E-state index in [9.17, 15) is 0 Å². The summed E-state index contributed by atoms with van der Waals surface area (Å²) >= 11 is 0. The molecule has 0 spiro atoms. The van der Waals surface area contributed by atoms with Gasteiger partial charge in [-0.2, -0.15) is 0 Å². The van der Waals surface area contributed by atoms with E-state index in [4.69, 9.17) is 90.0 Å². The number of nitrogens with one attached hydrogen (secondary N) is 4. The van der Waals surface area contributed by atoms with Crippen molar-refractivity contribution in [3.63, 3.8) is 0 Å². The van der Waals surface area contributed by atoms with Gasteiger partial charge in [-0.25, -0.2) is 0 Å². The van der Waals surface area contributed by atoms with Crippen LogP contribution in [0.1, 0.15) is 172 Å². The Bertz CT molecular complexity index is 5200. The number of methoxy groups -OCH3 is 5. The minimum absolute atomic E-state index is 0.00583. The number of fused-ring (bicyclic) bond motifs is 4. The van der Waals surface area contributed by atoms with E-state index in [2.05, 4.69) is 219 Å². The molecule has 9 aliphatic heterocycles. The molecule has 9 aromatic rings. The first-order chi connectivity index (χ1) is 70.9. The van der Waals surface area contributed by atoms with Crippen LogP contribution in [0.2, 0.25) is 0 Å². The second kappa shape index (κ2) is 58.4. The molecule has 0 radical (unpaired) electrons. The average Bonchev–Trinajstić information content (AvgIpc) is 0.846. The Labute approximate surface area is 855 Å². The molecular formula is C117H160N8O19. The molecule has 0 aliphatic carbocycles. The summed E-state index contributed by atoms with van der Waals surface area (Å²) in [6.45, 7) is 35.0. The van der Waals surface area contributed by atoms with Gasteiger partial charge in [-0.05, 0) is 253 Å². The third-order valence-electron chi connectivity index (χ3n) is 28.3. The molecule has 0 bridgehead atoms. The van der Waals surface area contributed by atoms with Crippen molar-refractivity contribution in [3.05, 3.63) is 244 Å². The predicted octanol–water partition coefficient (Wildman–Crippen LogP) is 18.2. The number of anilines is 4. The van der Waals surface area contributed by atoms with Crippen molar-refractivity contribution < 1.29 is 90.0 Å². The van der Waals surface area contributed by atoms with E-state index >= 15 is 0 Å². The fourth-order valence-electron chi connectivity index (χ4n) is 20.5. The molecule has 9 heterocycles. The van der Waals surface area contributed by atoms with Crippen LogP contribution in [0.25, 0.3) is 0 Å². The quantitative estimate of drug-likeness (QED) is 0.0260. The summed E-state index contributed by atoms with van der Waals surface area (Å²) in [5.74, 6) is 9.76. The first kappa shape index (κ1) is 108. The summed E-state index contributed by atoms with van der Waals surface area (Å²) < 4.78 is 111. The van der Waals surface area contributed by atoms with Crippen LogP contribution in [0.15, 0.2) is 194 Å². The minimum Gasteiger partial charge on any atom is -0.497 e. The average molecular weight is 1980 g/mol. The molecule has 27 nitrogen and oxygen atoms in total. The van der Waals surface area contributed by atoms with Gasteiger partial charge in [-0.3, -0.25) is 0 Å². The highest BCUT2D eigenvalue weighted by Crippen LogP contribution is 2.43. The van der Waals surface area contributed by atoms with Crippen molar-refractivity contribution in [2.45, 2.75) is 185 Å². The Morgan fingerprint density at radius 1 is 0.368 bits per heavy atom. The van der Waals surface area contributed by atoms with Gasteiger partial charge in [0, 0.05) is 149 Å². The van der Waals surface area contributed by atoms with Gasteiger partial charge < -0.3 is 131 Å². The van der Waals surface area contributed by atoms with E-state index in [1.807, 2.05) is 43.3 Å². The molecule has 9 aliphatic rings. The van der Waals surface area contributed by atoms with Gasteiger partial charge in [-0.1, -0.05) is 91.0 Å². The summed E-state index contributed by atoms with van der Waals surface area (Å²) in [5, 5.41) is 14.1. The molecule has 0 saturated carbocycles. The lowest BCUT2D eigenvalue weighted by molar-refractivity contribution is -0.0272. The molecule has 0 amide bonds. The third kappa shape index (κ3) is 32.2. The van der Waals surface area contributed by atoms with Crippen LogP contribution >= 0.6 is 0 Å². The maximum Gasteiger partial charge on any atom is 0.142 e. The van der Waals surface area contributed by atoms with Crippen molar-refractivity contribution in [2.24, 2.45) is 0 Å². The fraction of sp³-hybridized carbons (Fsp3) is 0.538. The van der Waals surface area contributed by atoms with Crippen molar-refractivity contribution in [2.75, 3.05) is 246 Å². The SMILES string of the molecule is CCOCCCN1CCOc2ccc(CO[C@H]3CNCC[C@@H]3c3ccc(OCCCOCc4ccccc4OC)cc3)cc21.COCCCN1CCOc2ccc(CO[C@H]3CNCC[C@@H]3c3ccc(OC(C)C)cc3)cc21.COCCCN1CCOc2ccc(CO[C@H]3CNCC[C@@H]3c3ccc(OC4CCOC4)cc3)cc21.COCCCN1CCOc2ccc([C@@H](C)O[C@H]3CNCC[C@@H]3c3ccc(OC)cc3)cc21. The highest BCUT2D eigenvalue weighted by atomic mass is 16.6. The molecule has 4 N–H and O–H groups in total. The summed E-state index contributed by atoms with van der Waals surface area (Å²) in [6, 6.07) is 67.8. The fourth-order valence-corrected chi connectivity index (χ4v) is 20.5. The smallest absolute Gasteiger partial charge is 0.142 e. The number of ether oxygens (including phenoxy) is 19. The molecule has 5 saturated heterocycles. The van der Waals surface area contributed by atoms with Crippen molar-refractivity contribution in [3.8, 4) is 51.7 Å². The van der Waals surface area contributed by atoms with Crippen LogP contribution in [-0.2, 0) is 73.8 Å². The standard InChI is InChI=1S/C36H48N2O6.C28H38N2O5.C27H38N2O4.C26H36N2O4/c1-3-40-20-6-18-38-19-23-43-35-15-10-28(24-33(35)38)26-44-36-25-37-17-16-32(36)29-11-13-31(14-12-29)42-22-7-21-41-27-30-8-4-5-9-34(30)39-2;1-31-14-2-12-30-13-16-33-27-8-3-21(17-26(27)30)19-34-28-18-29-11-9-25(28)22-4-6-23(7-5-22)35-24-10-15-32-20-24;1-20(2)33-23-8-6-22(7-9-23)24-11-12-28-18-27(24)32-19-21-5-10-26-25(17-21)29(14-16-31-26)13-4-15-30-3;1-19(21-7-10-25-24(17-21)28(14-16-31-25)13-4-15-29-2)32-26-18-27-12-11-23(26)20-5-8-22(30-3)9-6-20/h4-5,8-15,24,32,36-37H,3,6-7,16-23,25-27H2,1-2H3;3-8,17,24-25,28-29H,2,9-16,18-20H2,1H3;5-10,17,20,24,27-28H,4,11-16,18-19H2,1-3H3;5-10,17,19,23,26-27H,4,11-16,18H2,1-3H3/t32-,36+;24?,25-,28+;24-,27+;19-,23-,26+/m1111/s1. The lowest BCUT2D eigenvalue weighted by atomic mass is 9.87. The maximum absolute atomic E-state index is 6.65. The first-order valence-electron chi connectivity index (χ1n) is 53.0. The Morgan fingerprint density at radius 3 is 1.19 bits per heavy atom. The Kier molecular flexibility index (Phi) is 43.8. The second-order valence-corrected chi connectivity index (χ2v) is 38.6. The zero-order valence-corrected chi connectivity index (χ0v) is 86.8. The zero-order chi connectivity index (χ0) is 99.7. The number of nitrogens with zero attached hydrogens (tertiary/aromatic N) is 4. The van der Waals surface area contributed by atoms with Crippen LogP contribution in [-0.4, -0.2) is 263 Å². The lowest BCUT2D eigenvalue weighted by Crippen LogP contribution is -2.41. The van der Waals surface area contributed by atoms with E-state index in [0.29, 0.717) is 69.9 Å². The summed E-state index contributed by atoms with van der Waals surface area (Å²) in [4.78, 5) is 9.60. The van der Waals surface area contributed by atoms with Crippen molar-refractivity contribution >= 4 is 22.7 Å². The van der Waals surface area contributed by atoms with Crippen molar-refractivity contribution in [1.82, 2.24) is 21.3 Å². The number of rotatable bonds is 46. The Hall–Kier alpha value is -10.2. The van der Waals surface area contributed by atoms with Crippen LogP contribution in [0.3, 0.4) is 0 Å². The molecule has 10 atom stereocenters. The van der Waals surface area contributed by atoms with E-state index in [-0.39, 0.29) is 42.7 Å². The number of piperidine rings is 4. The molecule has 1 unspecified atom stereocenters.